The maximum atomic E-state index is 12.7. The third kappa shape index (κ3) is 4.51. The van der Waals surface area contributed by atoms with Crippen LogP contribution in [0.4, 0.5) is 5.69 Å². The summed E-state index contributed by atoms with van der Waals surface area (Å²) in [5.74, 6) is 0.672. The van der Waals surface area contributed by atoms with Gasteiger partial charge in [-0.25, -0.2) is 0 Å². The fourth-order valence-corrected chi connectivity index (χ4v) is 2.72. The number of anilines is 1. The Kier molecular flexibility index (Phi) is 7.20. The average molecular weight is 387 g/mol. The number of ether oxygens (including phenoxy) is 3. The molecule has 28 heavy (non-hydrogen) atoms. The molecule has 1 aromatic heterocycles. The summed E-state index contributed by atoms with van der Waals surface area (Å²) in [4.78, 5) is 30.9. The van der Waals surface area contributed by atoms with Gasteiger partial charge in [0.15, 0.2) is 11.5 Å². The van der Waals surface area contributed by atoms with Crippen molar-refractivity contribution >= 4 is 17.5 Å². The quantitative estimate of drug-likeness (QED) is 0.749. The summed E-state index contributed by atoms with van der Waals surface area (Å²) in [5, 5.41) is 2.78. The molecule has 8 nitrogen and oxygen atoms in total. The van der Waals surface area contributed by atoms with Crippen LogP contribution in [0.3, 0.4) is 0 Å². The highest BCUT2D eigenvalue weighted by atomic mass is 16.5. The summed E-state index contributed by atoms with van der Waals surface area (Å²) < 4.78 is 15.9. The fourth-order valence-electron chi connectivity index (χ4n) is 2.72. The Balaban J connectivity index is 2.28. The molecule has 0 saturated heterocycles. The Morgan fingerprint density at radius 1 is 1.00 bits per heavy atom. The molecule has 2 amide bonds. The third-order valence-corrected chi connectivity index (χ3v) is 4.21. The molecular formula is C20H25N3O5. The van der Waals surface area contributed by atoms with Crippen LogP contribution in [-0.2, 0) is 0 Å². The maximum Gasteiger partial charge on any atom is 0.272 e. The molecule has 8 heteroatoms. The van der Waals surface area contributed by atoms with Gasteiger partial charge in [0, 0.05) is 42.7 Å². The lowest BCUT2D eigenvalue weighted by atomic mass is 10.2. The van der Waals surface area contributed by atoms with Crippen LogP contribution in [0, 0.1) is 0 Å². The predicted octanol–water partition coefficient (Wildman–Crippen LogP) is 2.84. The highest BCUT2D eigenvalue weighted by Crippen LogP contribution is 2.40. The molecule has 1 N–H and O–H groups in total. The maximum absolute atomic E-state index is 12.7. The van der Waals surface area contributed by atoms with E-state index in [1.807, 2.05) is 13.8 Å². The van der Waals surface area contributed by atoms with Crippen molar-refractivity contribution in [2.45, 2.75) is 13.8 Å². The number of benzene rings is 1. The van der Waals surface area contributed by atoms with Gasteiger partial charge in [0.05, 0.1) is 21.3 Å². The second-order valence-electron chi connectivity index (χ2n) is 5.78. The van der Waals surface area contributed by atoms with Gasteiger partial charge < -0.3 is 24.4 Å². The number of rotatable bonds is 8. The summed E-state index contributed by atoms with van der Waals surface area (Å²) in [6.45, 7) is 4.92. The van der Waals surface area contributed by atoms with Crippen molar-refractivity contribution in [2.24, 2.45) is 0 Å². The molecular weight excluding hydrogens is 362 g/mol. The Labute approximate surface area is 164 Å². The van der Waals surface area contributed by atoms with Crippen LogP contribution >= 0.6 is 0 Å². The lowest BCUT2D eigenvalue weighted by Gasteiger charge is -2.18. The lowest BCUT2D eigenvalue weighted by molar-refractivity contribution is 0.0767. The monoisotopic (exact) mass is 387 g/mol. The van der Waals surface area contributed by atoms with Crippen LogP contribution in [-0.4, -0.2) is 56.1 Å². The zero-order chi connectivity index (χ0) is 20.7. The molecule has 150 valence electrons. The first-order chi connectivity index (χ1) is 13.5. The number of nitrogens with one attached hydrogen (secondary N) is 1. The summed E-state index contributed by atoms with van der Waals surface area (Å²) in [5.41, 5.74) is 1.01. The highest BCUT2D eigenvalue weighted by Gasteiger charge is 2.18. The number of carbonyl (C=O) groups is 2. The molecule has 0 fully saturated rings. The number of amides is 2. The van der Waals surface area contributed by atoms with Crippen molar-refractivity contribution < 1.29 is 23.8 Å². The molecule has 1 aromatic carbocycles. The van der Waals surface area contributed by atoms with Crippen LogP contribution in [0.15, 0.2) is 30.5 Å². The van der Waals surface area contributed by atoms with E-state index in [-0.39, 0.29) is 17.5 Å². The van der Waals surface area contributed by atoms with Gasteiger partial charge in [-0.2, -0.15) is 0 Å². The minimum Gasteiger partial charge on any atom is -0.493 e. The molecule has 0 radical (unpaired) electrons. The van der Waals surface area contributed by atoms with E-state index in [9.17, 15) is 9.59 Å². The Bertz CT molecular complexity index is 824. The number of hydrogen-bond donors (Lipinski definition) is 1. The molecule has 1 heterocycles. The van der Waals surface area contributed by atoms with Gasteiger partial charge in [-0.1, -0.05) is 0 Å². The summed E-state index contributed by atoms with van der Waals surface area (Å²) in [6.07, 6.45) is 1.45. The van der Waals surface area contributed by atoms with Crippen molar-refractivity contribution in [1.29, 1.82) is 0 Å². The molecule has 0 atom stereocenters. The first-order valence-corrected chi connectivity index (χ1v) is 8.85. The van der Waals surface area contributed by atoms with Crippen LogP contribution in [0.25, 0.3) is 0 Å². The topological polar surface area (TPSA) is 90.0 Å². The van der Waals surface area contributed by atoms with Crippen molar-refractivity contribution in [1.82, 2.24) is 9.88 Å². The van der Waals surface area contributed by atoms with E-state index in [0.29, 0.717) is 41.6 Å². The number of hydrogen-bond acceptors (Lipinski definition) is 6. The van der Waals surface area contributed by atoms with Gasteiger partial charge in [0.2, 0.25) is 5.75 Å². The van der Waals surface area contributed by atoms with Gasteiger partial charge in [0.25, 0.3) is 11.8 Å². The number of carbonyl (C=O) groups excluding carboxylic acids is 2. The normalized spacial score (nSPS) is 10.2. The van der Waals surface area contributed by atoms with E-state index in [0.717, 1.165) is 0 Å². The Morgan fingerprint density at radius 3 is 2.11 bits per heavy atom. The first kappa shape index (κ1) is 21.0. The smallest absolute Gasteiger partial charge is 0.272 e. The SMILES string of the molecule is CCN(CC)C(=O)c1cc(C(=O)Nc2cc(OC)c(OC)c(OC)c2)ccn1. The van der Waals surface area contributed by atoms with E-state index in [1.54, 1.807) is 23.1 Å². The van der Waals surface area contributed by atoms with E-state index < -0.39 is 0 Å². The molecule has 0 saturated carbocycles. The van der Waals surface area contributed by atoms with Crippen molar-refractivity contribution in [3.8, 4) is 17.2 Å². The largest absolute Gasteiger partial charge is 0.493 e. The van der Waals surface area contributed by atoms with Crippen LogP contribution in [0.1, 0.15) is 34.7 Å². The van der Waals surface area contributed by atoms with Gasteiger partial charge in [-0.3, -0.25) is 14.6 Å². The summed E-state index contributed by atoms with van der Waals surface area (Å²) in [7, 11) is 4.50. The summed E-state index contributed by atoms with van der Waals surface area (Å²) >= 11 is 0. The predicted molar refractivity (Wildman–Crippen MR) is 106 cm³/mol. The number of nitrogens with zero attached hydrogens (tertiary/aromatic N) is 2. The van der Waals surface area contributed by atoms with E-state index in [4.69, 9.17) is 14.2 Å². The number of aromatic nitrogens is 1. The molecule has 0 bridgehead atoms. The average Bonchev–Trinajstić information content (AvgIpc) is 2.73. The second-order valence-corrected chi connectivity index (χ2v) is 5.78. The molecule has 0 aliphatic rings. The van der Waals surface area contributed by atoms with Gasteiger partial charge in [0.1, 0.15) is 5.69 Å². The van der Waals surface area contributed by atoms with E-state index in [2.05, 4.69) is 10.3 Å². The molecule has 2 rings (SSSR count). The van der Waals surface area contributed by atoms with Crippen LogP contribution in [0.5, 0.6) is 17.2 Å². The van der Waals surface area contributed by atoms with Gasteiger partial charge >= 0.3 is 0 Å². The summed E-state index contributed by atoms with van der Waals surface area (Å²) in [6, 6.07) is 6.28. The molecule has 0 unspecified atom stereocenters. The first-order valence-electron chi connectivity index (χ1n) is 8.85. The van der Waals surface area contributed by atoms with Gasteiger partial charge in [-0.15, -0.1) is 0 Å². The third-order valence-electron chi connectivity index (χ3n) is 4.21. The molecule has 0 aliphatic heterocycles. The van der Waals surface area contributed by atoms with Crippen molar-refractivity contribution in [2.75, 3.05) is 39.7 Å². The van der Waals surface area contributed by atoms with Crippen LogP contribution < -0.4 is 19.5 Å². The Hall–Kier alpha value is -3.29. The fraction of sp³-hybridized carbons (Fsp3) is 0.350. The number of methoxy groups -OCH3 is 3. The minimum absolute atomic E-state index is 0.215. The molecule has 2 aromatic rings. The van der Waals surface area contributed by atoms with Crippen LogP contribution in [0.2, 0.25) is 0 Å². The van der Waals surface area contributed by atoms with Gasteiger partial charge in [-0.05, 0) is 26.0 Å². The van der Waals surface area contributed by atoms with Crippen molar-refractivity contribution in [3.63, 3.8) is 0 Å². The molecule has 0 aliphatic carbocycles. The standard InChI is InChI=1S/C20H25N3O5/c1-6-23(7-2)20(25)15-10-13(8-9-21-15)19(24)22-14-11-16(26-3)18(28-5)17(12-14)27-4/h8-12H,6-7H2,1-5H3,(H,22,24). The zero-order valence-corrected chi connectivity index (χ0v) is 16.7. The zero-order valence-electron chi connectivity index (χ0n) is 16.7. The van der Waals surface area contributed by atoms with E-state index in [1.165, 1.54) is 33.6 Å². The highest BCUT2D eigenvalue weighted by molar-refractivity contribution is 6.06. The molecule has 0 spiro atoms. The second kappa shape index (κ2) is 9.59. The lowest BCUT2D eigenvalue weighted by Crippen LogP contribution is -2.31. The van der Waals surface area contributed by atoms with E-state index >= 15 is 0 Å². The number of pyridine rings is 1. The minimum atomic E-state index is -0.384. The van der Waals surface area contributed by atoms with Crippen molar-refractivity contribution in [3.05, 3.63) is 41.7 Å². The Morgan fingerprint density at radius 2 is 1.61 bits per heavy atom.